The Bertz CT molecular complexity index is 521. The molecule has 2 saturated carbocycles. The van der Waals surface area contributed by atoms with Crippen LogP contribution in [0.1, 0.15) is 44.9 Å². The highest BCUT2D eigenvalue weighted by Crippen LogP contribution is 2.50. The van der Waals surface area contributed by atoms with E-state index in [1.165, 1.54) is 12.8 Å². The molecule has 4 heteroatoms. The van der Waals surface area contributed by atoms with Gasteiger partial charge in [-0.05, 0) is 31.0 Å². The molecule has 20 heavy (non-hydrogen) atoms. The predicted molar refractivity (Wildman–Crippen MR) is 83.3 cm³/mol. The molecule has 0 bridgehead atoms. The van der Waals surface area contributed by atoms with Gasteiger partial charge in [0.25, 0.3) is 0 Å². The summed E-state index contributed by atoms with van der Waals surface area (Å²) in [6, 6.07) is 5.60. The Balaban J connectivity index is 1.80. The quantitative estimate of drug-likeness (QED) is 0.730. The maximum absolute atomic E-state index is 12.2. The van der Waals surface area contributed by atoms with Gasteiger partial charge in [0.1, 0.15) is 17.6 Å². The van der Waals surface area contributed by atoms with Crippen LogP contribution >= 0.6 is 27.5 Å². The smallest absolute Gasteiger partial charge is 0.146 e. The van der Waals surface area contributed by atoms with Crippen molar-refractivity contribution in [1.29, 1.82) is 0 Å². The maximum Gasteiger partial charge on any atom is 0.146 e. The third kappa shape index (κ3) is 2.50. The Hall–Kier alpha value is -0.540. The Labute approximate surface area is 133 Å². The van der Waals surface area contributed by atoms with E-state index < -0.39 is 0 Å². The van der Waals surface area contributed by atoms with E-state index in [9.17, 15) is 4.79 Å². The number of carbonyl (C=O) groups excluding carboxylic acids is 1. The second-order valence-corrected chi connectivity index (χ2v) is 7.20. The monoisotopic (exact) mass is 356 g/mol. The van der Waals surface area contributed by atoms with E-state index in [1.807, 2.05) is 18.2 Å². The molecule has 1 unspecified atom stereocenters. The Kier molecular flexibility index (Phi) is 4.09. The average Bonchev–Trinajstić information content (AvgIpc) is 2.70. The normalized spacial score (nSPS) is 25.1. The van der Waals surface area contributed by atoms with Crippen molar-refractivity contribution in [2.24, 2.45) is 5.41 Å². The number of carbonyl (C=O) groups is 1. The van der Waals surface area contributed by atoms with Crippen LogP contribution in [0.5, 0.6) is 5.75 Å². The van der Waals surface area contributed by atoms with Gasteiger partial charge in [-0.15, -0.1) is 0 Å². The average molecular weight is 358 g/mol. The summed E-state index contributed by atoms with van der Waals surface area (Å²) in [5.74, 6) is 1.07. The fourth-order valence-corrected chi connectivity index (χ4v) is 3.95. The van der Waals surface area contributed by atoms with Gasteiger partial charge in [0.2, 0.25) is 0 Å². The summed E-state index contributed by atoms with van der Waals surface area (Å²) in [5, 5.41) is 0.608. The van der Waals surface area contributed by atoms with Crippen molar-refractivity contribution < 1.29 is 9.53 Å². The van der Waals surface area contributed by atoms with Crippen LogP contribution in [0.25, 0.3) is 0 Å². The largest absolute Gasteiger partial charge is 0.487 e. The number of halogens is 2. The molecule has 1 spiro atoms. The molecule has 1 aromatic rings. The summed E-state index contributed by atoms with van der Waals surface area (Å²) in [4.78, 5) is 12.2. The minimum atomic E-state index is -0.234. The highest BCUT2D eigenvalue weighted by molar-refractivity contribution is 9.10. The van der Waals surface area contributed by atoms with Crippen molar-refractivity contribution in [1.82, 2.24) is 0 Å². The van der Waals surface area contributed by atoms with Gasteiger partial charge >= 0.3 is 0 Å². The molecule has 108 valence electrons. The minimum Gasteiger partial charge on any atom is -0.487 e. The second kappa shape index (κ2) is 5.69. The van der Waals surface area contributed by atoms with E-state index in [0.717, 1.165) is 30.2 Å². The van der Waals surface area contributed by atoms with Gasteiger partial charge in [-0.25, -0.2) is 0 Å². The van der Waals surface area contributed by atoms with Crippen LogP contribution in [0, 0.1) is 5.41 Å². The van der Waals surface area contributed by atoms with E-state index >= 15 is 0 Å². The first-order chi connectivity index (χ1) is 9.62. The van der Waals surface area contributed by atoms with Crippen LogP contribution in [-0.4, -0.2) is 11.9 Å². The predicted octanol–water partition coefficient (Wildman–Crippen LogP) is 5.16. The summed E-state index contributed by atoms with van der Waals surface area (Å²) < 4.78 is 7.04. The molecular formula is C16H18BrClO2. The van der Waals surface area contributed by atoms with Crippen LogP contribution in [0.4, 0.5) is 0 Å². The Morgan fingerprint density at radius 2 is 1.90 bits per heavy atom. The van der Waals surface area contributed by atoms with Gasteiger partial charge in [-0.3, -0.25) is 4.79 Å². The van der Waals surface area contributed by atoms with Crippen molar-refractivity contribution in [2.45, 2.75) is 51.0 Å². The van der Waals surface area contributed by atoms with Crippen molar-refractivity contribution in [2.75, 3.05) is 0 Å². The number of hydrogen-bond acceptors (Lipinski definition) is 2. The third-order valence-electron chi connectivity index (χ3n) is 4.70. The first-order valence-electron chi connectivity index (χ1n) is 7.27. The van der Waals surface area contributed by atoms with Crippen molar-refractivity contribution in [3.63, 3.8) is 0 Å². The summed E-state index contributed by atoms with van der Waals surface area (Å²) in [5.41, 5.74) is -0.234. The molecule has 0 amide bonds. The maximum atomic E-state index is 12.2. The Morgan fingerprint density at radius 3 is 2.55 bits per heavy atom. The lowest BCUT2D eigenvalue weighted by atomic mass is 9.60. The molecular weight excluding hydrogens is 340 g/mol. The van der Waals surface area contributed by atoms with Crippen molar-refractivity contribution >= 4 is 33.3 Å². The summed E-state index contributed by atoms with van der Waals surface area (Å²) in [6.07, 6.45) is 7.22. The number of hydrogen-bond donors (Lipinski definition) is 0. The molecule has 0 N–H and O–H groups in total. The van der Waals surface area contributed by atoms with Crippen LogP contribution in [-0.2, 0) is 4.79 Å². The number of ether oxygens (including phenoxy) is 1. The summed E-state index contributed by atoms with van der Waals surface area (Å²) in [6.45, 7) is 0. The zero-order chi connectivity index (χ0) is 14.2. The SMILES string of the molecule is O=C1CC(Oc2cc(Br)ccc2Cl)C12CCCCCC2. The van der Waals surface area contributed by atoms with Gasteiger partial charge in [0, 0.05) is 10.9 Å². The minimum absolute atomic E-state index is 0.0000926. The van der Waals surface area contributed by atoms with Gasteiger partial charge in [-0.1, -0.05) is 53.2 Å². The fourth-order valence-electron chi connectivity index (χ4n) is 3.45. The van der Waals surface area contributed by atoms with E-state index in [0.29, 0.717) is 23.0 Å². The third-order valence-corrected chi connectivity index (χ3v) is 5.51. The van der Waals surface area contributed by atoms with Gasteiger partial charge < -0.3 is 4.74 Å². The van der Waals surface area contributed by atoms with Crippen LogP contribution in [0.2, 0.25) is 5.02 Å². The van der Waals surface area contributed by atoms with Crippen molar-refractivity contribution in [3.05, 3.63) is 27.7 Å². The molecule has 1 atom stereocenters. The molecule has 2 aliphatic carbocycles. The van der Waals surface area contributed by atoms with Crippen molar-refractivity contribution in [3.8, 4) is 5.75 Å². The molecule has 2 nitrogen and oxygen atoms in total. The molecule has 0 saturated heterocycles. The van der Waals surface area contributed by atoms with Crippen LogP contribution in [0.15, 0.2) is 22.7 Å². The standard InChI is InChI=1S/C16H18BrClO2/c17-11-5-6-12(18)13(9-11)20-15-10-14(19)16(15)7-3-1-2-4-8-16/h5-6,9,15H,1-4,7-8,10H2. The first kappa shape index (κ1) is 14.4. The van der Waals surface area contributed by atoms with E-state index in [-0.39, 0.29) is 11.5 Å². The number of rotatable bonds is 2. The topological polar surface area (TPSA) is 26.3 Å². The molecule has 0 aromatic heterocycles. The molecule has 1 aromatic carbocycles. The lowest BCUT2D eigenvalue weighted by Crippen LogP contribution is -2.56. The van der Waals surface area contributed by atoms with E-state index in [1.54, 1.807) is 0 Å². The van der Waals surface area contributed by atoms with E-state index in [2.05, 4.69) is 15.9 Å². The molecule has 0 heterocycles. The lowest BCUT2D eigenvalue weighted by molar-refractivity contribution is -0.154. The highest BCUT2D eigenvalue weighted by atomic mass is 79.9. The lowest BCUT2D eigenvalue weighted by Gasteiger charge is -2.47. The molecule has 2 aliphatic rings. The number of Topliss-reactive ketones (excluding diaryl/α,β-unsaturated/α-hetero) is 1. The summed E-state index contributed by atoms with van der Waals surface area (Å²) >= 11 is 9.62. The molecule has 0 radical (unpaired) electrons. The Morgan fingerprint density at radius 1 is 1.20 bits per heavy atom. The van der Waals surface area contributed by atoms with Gasteiger partial charge in [0.05, 0.1) is 10.4 Å². The molecule has 2 fully saturated rings. The zero-order valence-corrected chi connectivity index (χ0v) is 13.7. The number of benzene rings is 1. The zero-order valence-electron chi connectivity index (χ0n) is 11.3. The van der Waals surface area contributed by atoms with Crippen LogP contribution in [0.3, 0.4) is 0 Å². The highest BCUT2D eigenvalue weighted by Gasteiger charge is 2.55. The van der Waals surface area contributed by atoms with E-state index in [4.69, 9.17) is 16.3 Å². The fraction of sp³-hybridized carbons (Fsp3) is 0.562. The second-order valence-electron chi connectivity index (χ2n) is 5.88. The van der Waals surface area contributed by atoms with Gasteiger partial charge in [0.15, 0.2) is 0 Å². The van der Waals surface area contributed by atoms with Gasteiger partial charge in [-0.2, -0.15) is 0 Å². The molecule has 3 rings (SSSR count). The molecule has 0 aliphatic heterocycles. The first-order valence-corrected chi connectivity index (χ1v) is 8.44. The summed E-state index contributed by atoms with van der Waals surface area (Å²) in [7, 11) is 0. The van der Waals surface area contributed by atoms with Crippen LogP contribution < -0.4 is 4.74 Å². The number of ketones is 1.